The van der Waals surface area contributed by atoms with Gasteiger partial charge >= 0.3 is 11.9 Å². The highest BCUT2D eigenvalue weighted by molar-refractivity contribution is 5.85. The van der Waals surface area contributed by atoms with Gasteiger partial charge in [-0.1, -0.05) is 32.6 Å². The molecular weight excluding hydrogens is 424 g/mol. The van der Waals surface area contributed by atoms with Gasteiger partial charge in [-0.15, -0.1) is 0 Å². The van der Waals surface area contributed by atoms with Crippen molar-refractivity contribution in [1.29, 1.82) is 0 Å². The fourth-order valence-electron chi connectivity index (χ4n) is 3.25. The van der Waals surface area contributed by atoms with E-state index in [2.05, 4.69) is 17.2 Å². The normalized spacial score (nSPS) is 22.0. The first kappa shape index (κ1) is 27.2. The van der Waals surface area contributed by atoms with Crippen molar-refractivity contribution in [3.63, 3.8) is 0 Å². The van der Waals surface area contributed by atoms with Gasteiger partial charge in [0.2, 0.25) is 11.7 Å². The second-order valence-electron chi connectivity index (χ2n) is 7.59. The van der Waals surface area contributed by atoms with Crippen LogP contribution in [0.2, 0.25) is 0 Å². The van der Waals surface area contributed by atoms with E-state index >= 15 is 0 Å². The zero-order valence-corrected chi connectivity index (χ0v) is 18.4. The number of carboxylic acid groups (broad SMARTS) is 1. The number of hydrogen-bond acceptors (Lipinski definition) is 8. The Kier molecular flexibility index (Phi) is 11.5. The van der Waals surface area contributed by atoms with Crippen molar-refractivity contribution < 1.29 is 39.2 Å². The smallest absolute Gasteiger partial charge is 0.370 e. The van der Waals surface area contributed by atoms with Gasteiger partial charge in [0.25, 0.3) is 0 Å². The zero-order valence-electron chi connectivity index (χ0n) is 18.4. The Morgan fingerprint density at radius 2 is 1.88 bits per heavy atom. The number of esters is 1. The third-order valence-electron chi connectivity index (χ3n) is 4.82. The van der Waals surface area contributed by atoms with Gasteiger partial charge < -0.3 is 41.6 Å². The standard InChI is InChI=1S/C20H34N4O8/c1-3-4-5-6-7-8-15(27)31-10-13(26)17(28)18-16(23-11(2)25)12(24-20(21)22)9-14(32-18)19(29)30/h9,12-13,16-18,26,28H,3-8,10H2,1-2H3,(H,23,25)(H,29,30)(H4,21,22,24)/t12-,13+,16?,17?,18?/m0/s1. The maximum atomic E-state index is 11.9. The number of guanidine groups is 1. The molecule has 0 radical (unpaired) electrons. The molecule has 0 saturated heterocycles. The number of aliphatic imine (C=N–C) groups is 1. The maximum Gasteiger partial charge on any atom is 0.370 e. The molecule has 0 spiro atoms. The molecular formula is C20H34N4O8. The molecule has 182 valence electrons. The van der Waals surface area contributed by atoms with Crippen LogP contribution in [0.4, 0.5) is 0 Å². The average molecular weight is 459 g/mol. The molecule has 12 heteroatoms. The Morgan fingerprint density at radius 1 is 1.22 bits per heavy atom. The molecule has 1 amide bonds. The molecule has 0 aromatic rings. The van der Waals surface area contributed by atoms with Crippen molar-refractivity contribution in [2.24, 2.45) is 16.5 Å². The van der Waals surface area contributed by atoms with Crippen LogP contribution in [0.1, 0.15) is 52.4 Å². The number of nitrogens with one attached hydrogen (secondary N) is 1. The first-order chi connectivity index (χ1) is 15.1. The lowest BCUT2D eigenvalue weighted by Gasteiger charge is -2.38. The number of carboxylic acids is 1. The van der Waals surface area contributed by atoms with Crippen LogP contribution in [-0.4, -0.2) is 76.1 Å². The molecule has 5 atom stereocenters. The third-order valence-corrected chi connectivity index (χ3v) is 4.82. The highest BCUT2D eigenvalue weighted by Crippen LogP contribution is 2.25. The number of nitrogens with two attached hydrogens (primary N) is 2. The summed E-state index contributed by atoms with van der Waals surface area (Å²) in [7, 11) is 0. The van der Waals surface area contributed by atoms with Crippen LogP contribution in [-0.2, 0) is 23.9 Å². The Hall–Kier alpha value is -2.86. The van der Waals surface area contributed by atoms with Crippen LogP contribution in [0, 0.1) is 0 Å². The molecule has 0 aliphatic carbocycles. The molecule has 0 bridgehead atoms. The lowest BCUT2D eigenvalue weighted by molar-refractivity contribution is -0.156. The molecule has 1 rings (SSSR count). The van der Waals surface area contributed by atoms with Gasteiger partial charge in [0.05, 0.1) is 12.1 Å². The van der Waals surface area contributed by atoms with Crippen LogP contribution < -0.4 is 16.8 Å². The lowest BCUT2D eigenvalue weighted by Crippen LogP contribution is -2.60. The number of aliphatic hydroxyl groups is 2. The van der Waals surface area contributed by atoms with Crippen LogP contribution >= 0.6 is 0 Å². The Morgan fingerprint density at radius 3 is 2.44 bits per heavy atom. The van der Waals surface area contributed by atoms with E-state index in [1.807, 2.05) is 0 Å². The molecule has 1 heterocycles. The monoisotopic (exact) mass is 458 g/mol. The number of amides is 1. The fourth-order valence-corrected chi connectivity index (χ4v) is 3.25. The number of carbonyl (C=O) groups is 3. The summed E-state index contributed by atoms with van der Waals surface area (Å²) in [6, 6.07) is -2.18. The number of carbonyl (C=O) groups excluding carboxylic acids is 2. The summed E-state index contributed by atoms with van der Waals surface area (Å²) in [6.07, 6.45) is 1.20. The summed E-state index contributed by atoms with van der Waals surface area (Å²) < 4.78 is 10.3. The number of ether oxygens (including phenoxy) is 2. The van der Waals surface area contributed by atoms with Gasteiger partial charge in [-0.05, 0) is 12.5 Å². The highest BCUT2D eigenvalue weighted by atomic mass is 16.6. The maximum absolute atomic E-state index is 11.9. The Labute approximate surface area is 186 Å². The number of hydrogen-bond donors (Lipinski definition) is 6. The molecule has 12 nitrogen and oxygen atoms in total. The van der Waals surface area contributed by atoms with E-state index < -0.39 is 60.6 Å². The molecule has 1 aliphatic heterocycles. The number of aliphatic hydroxyl groups excluding tert-OH is 2. The molecule has 3 unspecified atom stereocenters. The predicted molar refractivity (Wildman–Crippen MR) is 114 cm³/mol. The van der Waals surface area contributed by atoms with Gasteiger partial charge in [0, 0.05) is 13.3 Å². The second kappa shape index (κ2) is 13.5. The van der Waals surface area contributed by atoms with E-state index in [1.54, 1.807) is 0 Å². The molecule has 0 aromatic heterocycles. The van der Waals surface area contributed by atoms with Crippen molar-refractivity contribution in [1.82, 2.24) is 5.32 Å². The zero-order chi connectivity index (χ0) is 24.3. The number of unbranched alkanes of at least 4 members (excludes halogenated alkanes) is 4. The van der Waals surface area contributed by atoms with Crippen molar-refractivity contribution in [2.75, 3.05) is 6.61 Å². The molecule has 1 aliphatic rings. The SMILES string of the molecule is CCCCCCCC(=O)OC[C@@H](O)C(O)C1OC(C(=O)O)=C[C@H](N=C(N)N)C1NC(C)=O. The minimum Gasteiger partial charge on any atom is -0.478 e. The molecule has 0 fully saturated rings. The summed E-state index contributed by atoms with van der Waals surface area (Å²) in [5, 5.41) is 32.7. The lowest BCUT2D eigenvalue weighted by atomic mass is 9.92. The van der Waals surface area contributed by atoms with Gasteiger partial charge in [0.15, 0.2) is 5.96 Å². The van der Waals surface area contributed by atoms with Crippen molar-refractivity contribution >= 4 is 23.8 Å². The summed E-state index contributed by atoms with van der Waals surface area (Å²) in [4.78, 5) is 38.8. The van der Waals surface area contributed by atoms with E-state index in [1.165, 1.54) is 6.92 Å². The minimum absolute atomic E-state index is 0.180. The van der Waals surface area contributed by atoms with E-state index in [-0.39, 0.29) is 12.4 Å². The number of aliphatic carboxylic acids is 1. The predicted octanol–water partition coefficient (Wildman–Crippen LogP) is -0.874. The van der Waals surface area contributed by atoms with Gasteiger partial charge in [-0.25, -0.2) is 9.79 Å². The fraction of sp³-hybridized carbons (Fsp3) is 0.700. The van der Waals surface area contributed by atoms with Gasteiger partial charge in [-0.2, -0.15) is 0 Å². The first-order valence-corrected chi connectivity index (χ1v) is 10.6. The topological polar surface area (TPSA) is 207 Å². The highest BCUT2D eigenvalue weighted by Gasteiger charge is 2.44. The van der Waals surface area contributed by atoms with Crippen LogP contribution in [0.5, 0.6) is 0 Å². The average Bonchev–Trinajstić information content (AvgIpc) is 2.71. The van der Waals surface area contributed by atoms with E-state index in [4.69, 9.17) is 20.9 Å². The van der Waals surface area contributed by atoms with Gasteiger partial charge in [0.1, 0.15) is 24.9 Å². The summed E-state index contributed by atoms with van der Waals surface area (Å²) in [5.74, 6) is -3.46. The Balaban J connectivity index is 2.85. The summed E-state index contributed by atoms with van der Waals surface area (Å²) in [5.41, 5.74) is 10.8. The van der Waals surface area contributed by atoms with Gasteiger partial charge in [-0.3, -0.25) is 9.59 Å². The van der Waals surface area contributed by atoms with E-state index in [9.17, 15) is 29.7 Å². The van der Waals surface area contributed by atoms with Crippen molar-refractivity contribution in [2.45, 2.75) is 82.8 Å². The van der Waals surface area contributed by atoms with Crippen molar-refractivity contribution in [3.8, 4) is 0 Å². The molecule has 8 N–H and O–H groups in total. The number of rotatable bonds is 13. The summed E-state index contributed by atoms with van der Waals surface area (Å²) >= 11 is 0. The van der Waals surface area contributed by atoms with Crippen LogP contribution in [0.15, 0.2) is 16.8 Å². The number of nitrogens with zero attached hydrogens (tertiary/aromatic N) is 1. The Bertz CT molecular complexity index is 708. The largest absolute Gasteiger partial charge is 0.478 e. The molecule has 0 aromatic carbocycles. The third kappa shape index (κ3) is 9.10. The van der Waals surface area contributed by atoms with E-state index in [0.717, 1.165) is 31.8 Å². The summed E-state index contributed by atoms with van der Waals surface area (Å²) in [6.45, 7) is 2.74. The first-order valence-electron chi connectivity index (χ1n) is 10.6. The van der Waals surface area contributed by atoms with E-state index in [0.29, 0.717) is 6.42 Å². The molecule has 32 heavy (non-hydrogen) atoms. The van der Waals surface area contributed by atoms with Crippen molar-refractivity contribution in [3.05, 3.63) is 11.8 Å². The minimum atomic E-state index is -1.73. The van der Waals surface area contributed by atoms with Crippen LogP contribution in [0.3, 0.4) is 0 Å². The second-order valence-corrected chi connectivity index (χ2v) is 7.59. The molecule has 0 saturated carbocycles. The quantitative estimate of drug-likeness (QED) is 0.0869. The van der Waals surface area contributed by atoms with Crippen LogP contribution in [0.25, 0.3) is 0 Å².